The summed E-state index contributed by atoms with van der Waals surface area (Å²) in [4.78, 5) is 23.6. The summed E-state index contributed by atoms with van der Waals surface area (Å²) in [5.74, 6) is -1.86. The SMILES string of the molecule is O=C(O)[C@]1(C(=O)c2ccccc2)CCCN1O. The van der Waals surface area contributed by atoms with E-state index in [-0.39, 0.29) is 13.0 Å². The number of aliphatic carboxylic acids is 1. The zero-order valence-electron chi connectivity index (χ0n) is 9.17. The first-order chi connectivity index (χ1) is 8.09. The quantitative estimate of drug-likeness (QED) is 0.607. The molecule has 0 amide bonds. The highest BCUT2D eigenvalue weighted by Gasteiger charge is 2.54. The Morgan fingerprint density at radius 1 is 1.24 bits per heavy atom. The third kappa shape index (κ3) is 1.73. The van der Waals surface area contributed by atoms with Crippen LogP contribution in [0.25, 0.3) is 0 Å². The Hall–Kier alpha value is -1.72. The van der Waals surface area contributed by atoms with Crippen LogP contribution in [0.1, 0.15) is 23.2 Å². The van der Waals surface area contributed by atoms with E-state index in [1.165, 1.54) is 0 Å². The van der Waals surface area contributed by atoms with Crippen LogP contribution in [0, 0.1) is 0 Å². The average molecular weight is 235 g/mol. The molecular formula is C12H13NO4. The lowest BCUT2D eigenvalue weighted by Gasteiger charge is -2.28. The van der Waals surface area contributed by atoms with Crippen LogP contribution in [0.15, 0.2) is 30.3 Å². The molecule has 0 spiro atoms. The number of benzene rings is 1. The predicted octanol–water partition coefficient (Wildman–Crippen LogP) is 1.18. The summed E-state index contributed by atoms with van der Waals surface area (Å²) in [6.07, 6.45) is 0.619. The molecule has 5 heteroatoms. The predicted molar refractivity (Wildman–Crippen MR) is 58.9 cm³/mol. The summed E-state index contributed by atoms with van der Waals surface area (Å²) in [5.41, 5.74) is -1.52. The molecule has 90 valence electrons. The number of hydrogen-bond donors (Lipinski definition) is 2. The van der Waals surface area contributed by atoms with Crippen molar-refractivity contribution in [2.45, 2.75) is 18.4 Å². The number of rotatable bonds is 3. The molecule has 1 saturated heterocycles. The van der Waals surface area contributed by atoms with Crippen molar-refractivity contribution in [2.24, 2.45) is 0 Å². The van der Waals surface area contributed by atoms with E-state index in [2.05, 4.69) is 0 Å². The van der Waals surface area contributed by atoms with E-state index in [4.69, 9.17) is 0 Å². The Morgan fingerprint density at radius 2 is 1.88 bits per heavy atom. The Labute approximate surface area is 98.2 Å². The third-order valence-electron chi connectivity index (χ3n) is 3.11. The maximum Gasteiger partial charge on any atom is 0.334 e. The van der Waals surface area contributed by atoms with Gasteiger partial charge in [0.2, 0.25) is 5.54 Å². The molecule has 0 unspecified atom stereocenters. The van der Waals surface area contributed by atoms with Gasteiger partial charge in [-0.25, -0.2) is 4.79 Å². The highest BCUT2D eigenvalue weighted by Crippen LogP contribution is 2.31. The fraction of sp³-hybridized carbons (Fsp3) is 0.333. The monoisotopic (exact) mass is 235 g/mol. The van der Waals surface area contributed by atoms with Gasteiger partial charge in [-0.1, -0.05) is 30.3 Å². The van der Waals surface area contributed by atoms with Crippen LogP contribution in [0.4, 0.5) is 0 Å². The van der Waals surface area contributed by atoms with Crippen molar-refractivity contribution in [3.05, 3.63) is 35.9 Å². The summed E-state index contributed by atoms with van der Waals surface area (Å²) >= 11 is 0. The van der Waals surface area contributed by atoms with Gasteiger partial charge in [0.05, 0.1) is 0 Å². The number of carboxylic acids is 1. The number of ketones is 1. The van der Waals surface area contributed by atoms with Gasteiger partial charge in [-0.15, -0.1) is 0 Å². The minimum absolute atomic E-state index is 0.132. The highest BCUT2D eigenvalue weighted by molar-refractivity contribution is 6.16. The smallest absolute Gasteiger partial charge is 0.334 e. The lowest BCUT2D eigenvalue weighted by atomic mass is 9.87. The van der Waals surface area contributed by atoms with Gasteiger partial charge in [0.1, 0.15) is 0 Å². The number of hydrogen-bond acceptors (Lipinski definition) is 4. The second-order valence-electron chi connectivity index (χ2n) is 4.09. The van der Waals surface area contributed by atoms with E-state index < -0.39 is 17.3 Å². The molecule has 5 nitrogen and oxygen atoms in total. The first kappa shape index (κ1) is 11.8. The molecular weight excluding hydrogens is 222 g/mol. The van der Waals surface area contributed by atoms with E-state index in [0.717, 1.165) is 0 Å². The molecule has 1 aromatic rings. The number of nitrogens with zero attached hydrogens (tertiary/aromatic N) is 1. The molecule has 0 aliphatic carbocycles. The summed E-state index contributed by atoms with van der Waals surface area (Å²) in [6.45, 7) is 0.199. The third-order valence-corrected chi connectivity index (χ3v) is 3.11. The van der Waals surface area contributed by atoms with E-state index in [1.54, 1.807) is 30.3 Å². The summed E-state index contributed by atoms with van der Waals surface area (Å²) in [7, 11) is 0. The number of hydroxylamine groups is 2. The summed E-state index contributed by atoms with van der Waals surface area (Å²) in [5, 5.41) is 19.6. The molecule has 2 rings (SSSR count). The molecule has 1 aliphatic rings. The number of carboxylic acid groups (broad SMARTS) is 1. The van der Waals surface area contributed by atoms with E-state index in [9.17, 15) is 19.9 Å². The minimum atomic E-state index is -1.82. The van der Waals surface area contributed by atoms with Gasteiger partial charge in [0.25, 0.3) is 0 Å². The van der Waals surface area contributed by atoms with Crippen molar-refractivity contribution < 1.29 is 19.9 Å². The summed E-state index contributed by atoms with van der Waals surface area (Å²) < 4.78 is 0. The largest absolute Gasteiger partial charge is 0.479 e. The zero-order chi connectivity index (χ0) is 12.5. The standard InChI is InChI=1S/C12H13NO4/c14-10(9-5-2-1-3-6-9)12(11(15)16)7-4-8-13(12)17/h1-3,5-6,17H,4,7-8H2,(H,15,16)/t12-/m1/s1. The fourth-order valence-corrected chi connectivity index (χ4v) is 2.18. The van der Waals surface area contributed by atoms with Crippen molar-refractivity contribution in [3.63, 3.8) is 0 Å². The van der Waals surface area contributed by atoms with E-state index >= 15 is 0 Å². The first-order valence-corrected chi connectivity index (χ1v) is 5.39. The van der Waals surface area contributed by atoms with Crippen LogP contribution >= 0.6 is 0 Å². The van der Waals surface area contributed by atoms with Crippen molar-refractivity contribution in [3.8, 4) is 0 Å². The zero-order valence-corrected chi connectivity index (χ0v) is 9.17. The Bertz CT molecular complexity index is 445. The fourth-order valence-electron chi connectivity index (χ4n) is 2.18. The Balaban J connectivity index is 2.42. The van der Waals surface area contributed by atoms with Crippen LogP contribution in [-0.2, 0) is 4.79 Å². The van der Waals surface area contributed by atoms with Crippen LogP contribution in [0.3, 0.4) is 0 Å². The number of Topliss-reactive ketones (excluding diaryl/α,β-unsaturated/α-hetero) is 1. The molecule has 0 radical (unpaired) electrons. The van der Waals surface area contributed by atoms with Crippen LogP contribution in [0.2, 0.25) is 0 Å². The van der Waals surface area contributed by atoms with Crippen molar-refractivity contribution >= 4 is 11.8 Å². The molecule has 0 bridgehead atoms. The van der Waals surface area contributed by atoms with Gasteiger partial charge in [-0.2, -0.15) is 5.06 Å². The van der Waals surface area contributed by atoms with Gasteiger partial charge < -0.3 is 10.3 Å². The second-order valence-corrected chi connectivity index (χ2v) is 4.09. The maximum atomic E-state index is 12.2. The molecule has 1 aliphatic heterocycles. The summed E-state index contributed by atoms with van der Waals surface area (Å²) in [6, 6.07) is 8.19. The normalized spacial score (nSPS) is 24.8. The molecule has 17 heavy (non-hydrogen) atoms. The van der Waals surface area contributed by atoms with Gasteiger partial charge in [0, 0.05) is 12.1 Å². The lowest BCUT2D eigenvalue weighted by molar-refractivity contribution is -0.174. The topological polar surface area (TPSA) is 77.8 Å². The Morgan fingerprint density at radius 3 is 2.35 bits per heavy atom. The molecule has 0 aromatic heterocycles. The highest BCUT2D eigenvalue weighted by atomic mass is 16.5. The van der Waals surface area contributed by atoms with Gasteiger partial charge in [0.15, 0.2) is 5.78 Å². The molecule has 0 saturated carbocycles. The maximum absolute atomic E-state index is 12.2. The van der Waals surface area contributed by atoms with Crippen molar-refractivity contribution in [1.82, 2.24) is 5.06 Å². The molecule has 1 aromatic carbocycles. The van der Waals surface area contributed by atoms with Crippen molar-refractivity contribution in [2.75, 3.05) is 6.54 Å². The minimum Gasteiger partial charge on any atom is -0.479 e. The Kier molecular flexibility index (Phi) is 2.95. The van der Waals surface area contributed by atoms with Gasteiger partial charge in [-0.05, 0) is 12.8 Å². The lowest BCUT2D eigenvalue weighted by Crippen LogP contribution is -2.55. The van der Waals surface area contributed by atoms with Crippen LogP contribution in [-0.4, -0.2) is 39.2 Å². The van der Waals surface area contributed by atoms with Crippen LogP contribution < -0.4 is 0 Å². The number of carbonyl (C=O) groups is 2. The molecule has 2 N–H and O–H groups in total. The van der Waals surface area contributed by atoms with E-state index in [0.29, 0.717) is 17.0 Å². The van der Waals surface area contributed by atoms with Crippen molar-refractivity contribution in [1.29, 1.82) is 0 Å². The van der Waals surface area contributed by atoms with Gasteiger partial charge >= 0.3 is 5.97 Å². The second kappa shape index (κ2) is 4.27. The molecule has 1 heterocycles. The van der Waals surface area contributed by atoms with E-state index in [1.807, 2.05) is 0 Å². The molecule has 1 fully saturated rings. The number of carbonyl (C=O) groups excluding carboxylic acids is 1. The van der Waals surface area contributed by atoms with Gasteiger partial charge in [-0.3, -0.25) is 4.79 Å². The molecule has 1 atom stereocenters. The van der Waals surface area contributed by atoms with Crippen LogP contribution in [0.5, 0.6) is 0 Å². The average Bonchev–Trinajstić information content (AvgIpc) is 2.72. The first-order valence-electron chi connectivity index (χ1n) is 5.39.